The Hall–Kier alpha value is -2.24. The number of rotatable bonds is 5. The molecule has 0 aromatic heterocycles. The first kappa shape index (κ1) is 12.8. The van der Waals surface area contributed by atoms with Crippen molar-refractivity contribution in [2.75, 3.05) is 5.43 Å². The molecule has 6 heteroatoms. The zero-order valence-electron chi connectivity index (χ0n) is 9.64. The van der Waals surface area contributed by atoms with E-state index in [9.17, 15) is 14.9 Å². The number of carbonyl (C=O) groups is 1. The standard InChI is InChI=1S/C11H13N3O3/c1-3-11(8(2)15)13-12-9-4-6-10(7-5-9)14(16)17/h4-7,12H,3H2,1-2H3/b13-11-. The quantitative estimate of drug-likeness (QED) is 0.482. The van der Waals surface area contributed by atoms with Crippen molar-refractivity contribution in [3.63, 3.8) is 0 Å². The molecular formula is C11H13N3O3. The van der Waals surface area contributed by atoms with E-state index in [2.05, 4.69) is 10.5 Å². The Morgan fingerprint density at radius 3 is 2.41 bits per heavy atom. The Morgan fingerprint density at radius 2 is 2.00 bits per heavy atom. The van der Waals surface area contributed by atoms with Crippen LogP contribution in [-0.2, 0) is 4.79 Å². The maximum absolute atomic E-state index is 11.1. The highest BCUT2D eigenvalue weighted by molar-refractivity contribution is 6.38. The van der Waals surface area contributed by atoms with Gasteiger partial charge in [0.15, 0.2) is 5.78 Å². The summed E-state index contributed by atoms with van der Waals surface area (Å²) in [4.78, 5) is 21.0. The minimum absolute atomic E-state index is 0.0156. The van der Waals surface area contributed by atoms with Crippen molar-refractivity contribution in [1.82, 2.24) is 0 Å². The number of carbonyl (C=O) groups excluding carboxylic acids is 1. The largest absolute Gasteiger partial charge is 0.293 e. The maximum Gasteiger partial charge on any atom is 0.269 e. The number of anilines is 1. The number of hydrogen-bond acceptors (Lipinski definition) is 5. The number of ketones is 1. The predicted octanol–water partition coefficient (Wildman–Crippen LogP) is 2.36. The molecule has 1 aromatic carbocycles. The first-order valence-corrected chi connectivity index (χ1v) is 5.12. The lowest BCUT2D eigenvalue weighted by Crippen LogP contribution is -2.10. The first-order valence-electron chi connectivity index (χ1n) is 5.12. The Balaban J connectivity index is 2.76. The molecule has 0 aliphatic rings. The molecule has 1 N–H and O–H groups in total. The third-order valence-electron chi connectivity index (χ3n) is 2.14. The number of benzene rings is 1. The van der Waals surface area contributed by atoms with Crippen molar-refractivity contribution in [3.05, 3.63) is 34.4 Å². The van der Waals surface area contributed by atoms with E-state index < -0.39 is 4.92 Å². The van der Waals surface area contributed by atoms with E-state index in [1.807, 2.05) is 6.92 Å². The van der Waals surface area contributed by atoms with Crippen LogP contribution in [0.4, 0.5) is 11.4 Å². The van der Waals surface area contributed by atoms with Crippen LogP contribution in [0.25, 0.3) is 0 Å². The van der Waals surface area contributed by atoms with E-state index in [0.717, 1.165) is 0 Å². The molecule has 0 radical (unpaired) electrons. The highest BCUT2D eigenvalue weighted by Gasteiger charge is 2.04. The van der Waals surface area contributed by atoms with Gasteiger partial charge < -0.3 is 0 Å². The van der Waals surface area contributed by atoms with Crippen LogP contribution >= 0.6 is 0 Å². The second-order valence-electron chi connectivity index (χ2n) is 3.38. The van der Waals surface area contributed by atoms with Crippen LogP contribution in [0.15, 0.2) is 29.4 Å². The first-order chi connectivity index (χ1) is 8.04. The van der Waals surface area contributed by atoms with Gasteiger partial charge in [-0.3, -0.25) is 20.3 Å². The van der Waals surface area contributed by atoms with E-state index in [-0.39, 0.29) is 11.5 Å². The average molecular weight is 235 g/mol. The van der Waals surface area contributed by atoms with Crippen molar-refractivity contribution in [1.29, 1.82) is 0 Å². The fourth-order valence-corrected chi connectivity index (χ4v) is 1.20. The molecule has 90 valence electrons. The van der Waals surface area contributed by atoms with Gasteiger partial charge in [-0.25, -0.2) is 0 Å². The number of nitro benzene ring substituents is 1. The molecule has 17 heavy (non-hydrogen) atoms. The molecule has 0 heterocycles. The topological polar surface area (TPSA) is 84.6 Å². The third kappa shape index (κ3) is 3.67. The summed E-state index contributed by atoms with van der Waals surface area (Å²) in [6, 6.07) is 5.82. The molecule has 0 spiro atoms. The Kier molecular flexibility index (Phi) is 4.33. The summed E-state index contributed by atoms with van der Waals surface area (Å²) in [6.07, 6.45) is 0.537. The third-order valence-corrected chi connectivity index (χ3v) is 2.14. The van der Waals surface area contributed by atoms with E-state index >= 15 is 0 Å². The Morgan fingerprint density at radius 1 is 1.41 bits per heavy atom. The minimum Gasteiger partial charge on any atom is -0.293 e. The zero-order chi connectivity index (χ0) is 12.8. The van der Waals surface area contributed by atoms with Gasteiger partial charge in [-0.1, -0.05) is 6.92 Å². The molecular weight excluding hydrogens is 222 g/mol. The summed E-state index contributed by atoms with van der Waals surface area (Å²) >= 11 is 0. The van der Waals surface area contributed by atoms with Crippen LogP contribution in [0, 0.1) is 10.1 Å². The molecule has 0 fully saturated rings. The number of hydrazone groups is 1. The van der Waals surface area contributed by atoms with Gasteiger partial charge >= 0.3 is 0 Å². The molecule has 6 nitrogen and oxygen atoms in total. The SMILES string of the molecule is CC/C(=N/Nc1ccc([N+](=O)[O-])cc1)C(C)=O. The van der Waals surface area contributed by atoms with Crippen LogP contribution in [0.3, 0.4) is 0 Å². The molecule has 0 aliphatic carbocycles. The molecule has 0 unspecified atom stereocenters. The normalized spacial score (nSPS) is 11.1. The molecule has 0 saturated heterocycles. The van der Waals surface area contributed by atoms with Gasteiger partial charge in [0.25, 0.3) is 5.69 Å². The average Bonchev–Trinajstić information content (AvgIpc) is 2.30. The Labute approximate surface area is 98.5 Å². The van der Waals surface area contributed by atoms with Crippen molar-refractivity contribution in [2.45, 2.75) is 20.3 Å². The molecule has 1 aromatic rings. The number of non-ortho nitro benzene ring substituents is 1. The summed E-state index contributed by atoms with van der Waals surface area (Å²) in [5, 5.41) is 14.4. The minimum atomic E-state index is -0.472. The van der Waals surface area contributed by atoms with Gasteiger partial charge in [0.05, 0.1) is 10.6 Å². The summed E-state index contributed by atoms with van der Waals surface area (Å²) in [5.74, 6) is -0.0955. The van der Waals surface area contributed by atoms with E-state index in [1.54, 1.807) is 0 Å². The highest BCUT2D eigenvalue weighted by atomic mass is 16.6. The molecule has 0 aliphatic heterocycles. The molecule has 0 bridgehead atoms. The molecule has 1 rings (SSSR count). The predicted molar refractivity (Wildman–Crippen MR) is 65.1 cm³/mol. The lowest BCUT2D eigenvalue weighted by atomic mass is 10.2. The molecule has 0 saturated carbocycles. The smallest absolute Gasteiger partial charge is 0.269 e. The van der Waals surface area contributed by atoms with Crippen LogP contribution < -0.4 is 5.43 Å². The van der Waals surface area contributed by atoms with Crippen LogP contribution in [0.1, 0.15) is 20.3 Å². The van der Waals surface area contributed by atoms with Gasteiger partial charge in [-0.05, 0) is 18.6 Å². The van der Waals surface area contributed by atoms with Crippen molar-refractivity contribution in [3.8, 4) is 0 Å². The molecule has 0 amide bonds. The summed E-state index contributed by atoms with van der Waals surface area (Å²) in [6.45, 7) is 3.28. The van der Waals surface area contributed by atoms with Crippen molar-refractivity contribution < 1.29 is 9.72 Å². The van der Waals surface area contributed by atoms with Crippen LogP contribution in [0.2, 0.25) is 0 Å². The second kappa shape index (κ2) is 5.74. The van der Waals surface area contributed by atoms with Gasteiger partial charge in [-0.15, -0.1) is 0 Å². The van der Waals surface area contributed by atoms with Crippen LogP contribution in [-0.4, -0.2) is 16.4 Å². The number of Topliss-reactive ketones (excluding diaryl/α,β-unsaturated/α-hetero) is 1. The van der Waals surface area contributed by atoms with E-state index in [1.165, 1.54) is 31.2 Å². The van der Waals surface area contributed by atoms with Gasteiger partial charge in [0.1, 0.15) is 5.71 Å². The summed E-state index contributed by atoms with van der Waals surface area (Å²) in [7, 11) is 0. The van der Waals surface area contributed by atoms with E-state index in [4.69, 9.17) is 0 Å². The maximum atomic E-state index is 11.1. The number of nitro groups is 1. The van der Waals surface area contributed by atoms with Gasteiger partial charge in [-0.2, -0.15) is 5.10 Å². The summed E-state index contributed by atoms with van der Waals surface area (Å²) < 4.78 is 0. The molecule has 0 atom stereocenters. The number of nitrogens with one attached hydrogen (secondary N) is 1. The fourth-order valence-electron chi connectivity index (χ4n) is 1.20. The zero-order valence-corrected chi connectivity index (χ0v) is 9.64. The number of nitrogens with zero attached hydrogens (tertiary/aromatic N) is 2. The fraction of sp³-hybridized carbons (Fsp3) is 0.273. The van der Waals surface area contributed by atoms with Crippen molar-refractivity contribution in [2.24, 2.45) is 5.10 Å². The Bertz CT molecular complexity index is 452. The van der Waals surface area contributed by atoms with Gasteiger partial charge in [0, 0.05) is 19.1 Å². The summed E-state index contributed by atoms with van der Waals surface area (Å²) in [5.41, 5.74) is 3.74. The second-order valence-corrected chi connectivity index (χ2v) is 3.38. The van der Waals surface area contributed by atoms with Crippen molar-refractivity contribution >= 4 is 22.9 Å². The lowest BCUT2D eigenvalue weighted by Gasteiger charge is -2.02. The van der Waals surface area contributed by atoms with E-state index in [0.29, 0.717) is 17.8 Å². The lowest BCUT2D eigenvalue weighted by molar-refractivity contribution is -0.384. The highest BCUT2D eigenvalue weighted by Crippen LogP contribution is 2.15. The monoisotopic (exact) mass is 235 g/mol. The number of hydrogen-bond donors (Lipinski definition) is 1. The van der Waals surface area contributed by atoms with Gasteiger partial charge in [0.2, 0.25) is 0 Å². The van der Waals surface area contributed by atoms with Crippen LogP contribution in [0.5, 0.6) is 0 Å².